The summed E-state index contributed by atoms with van der Waals surface area (Å²) in [5.74, 6) is -0.947. The molecule has 0 bridgehead atoms. The maximum absolute atomic E-state index is 14.7. The molecule has 4 aromatic rings. The highest BCUT2D eigenvalue weighted by Gasteiger charge is 2.36. The van der Waals surface area contributed by atoms with Crippen LogP contribution >= 0.6 is 46.4 Å². The molecule has 1 aliphatic rings. The number of anilines is 1. The summed E-state index contributed by atoms with van der Waals surface area (Å²) in [7, 11) is -4.30. The molecular formula is C36H35Cl4N3O4S. The van der Waals surface area contributed by atoms with Crippen LogP contribution in [0.1, 0.15) is 42.4 Å². The number of halogens is 4. The minimum atomic E-state index is -4.30. The Balaban J connectivity index is 1.59. The lowest BCUT2D eigenvalue weighted by atomic mass is 10.0. The van der Waals surface area contributed by atoms with E-state index in [0.717, 1.165) is 41.1 Å². The highest BCUT2D eigenvalue weighted by molar-refractivity contribution is 7.92. The van der Waals surface area contributed by atoms with Crippen molar-refractivity contribution in [1.82, 2.24) is 10.2 Å². The summed E-state index contributed by atoms with van der Waals surface area (Å²) in [5.41, 5.74) is 2.38. The minimum absolute atomic E-state index is 0.0125. The second-order valence-corrected chi connectivity index (χ2v) is 15.4. The molecule has 7 nitrogen and oxygen atoms in total. The van der Waals surface area contributed by atoms with Gasteiger partial charge in [-0.15, -0.1) is 0 Å². The Morgan fingerprint density at radius 1 is 0.833 bits per heavy atom. The second kappa shape index (κ2) is 16.0. The summed E-state index contributed by atoms with van der Waals surface area (Å²) >= 11 is 25.3. The summed E-state index contributed by atoms with van der Waals surface area (Å²) in [4.78, 5) is 30.2. The fourth-order valence-corrected chi connectivity index (χ4v) is 7.93. The van der Waals surface area contributed by atoms with Crippen molar-refractivity contribution in [2.45, 2.75) is 62.6 Å². The number of hydrogen-bond donors (Lipinski definition) is 1. The van der Waals surface area contributed by atoms with E-state index in [9.17, 15) is 18.0 Å². The molecule has 5 rings (SSSR count). The van der Waals surface area contributed by atoms with E-state index in [1.54, 1.807) is 30.3 Å². The molecule has 1 unspecified atom stereocenters. The summed E-state index contributed by atoms with van der Waals surface area (Å²) in [6, 6.07) is 24.0. The molecule has 0 radical (unpaired) electrons. The Kier molecular flexibility index (Phi) is 12.0. The van der Waals surface area contributed by atoms with E-state index in [1.165, 1.54) is 35.2 Å². The van der Waals surface area contributed by atoms with Crippen molar-refractivity contribution in [2.24, 2.45) is 0 Å². The first-order valence-corrected chi connectivity index (χ1v) is 18.5. The minimum Gasteiger partial charge on any atom is -0.352 e. The van der Waals surface area contributed by atoms with Gasteiger partial charge < -0.3 is 10.2 Å². The molecule has 1 N–H and O–H groups in total. The molecule has 2 amide bonds. The van der Waals surface area contributed by atoms with Gasteiger partial charge in [0, 0.05) is 29.1 Å². The van der Waals surface area contributed by atoms with Crippen LogP contribution in [0.3, 0.4) is 0 Å². The molecule has 1 atom stereocenters. The van der Waals surface area contributed by atoms with Crippen LogP contribution in [0.25, 0.3) is 0 Å². The zero-order valence-electron chi connectivity index (χ0n) is 26.2. The Hall–Kier alpha value is -3.27. The first-order valence-electron chi connectivity index (χ1n) is 15.5. The number of amides is 2. The lowest BCUT2D eigenvalue weighted by Gasteiger charge is -2.34. The number of carbonyl (C=O) groups excluding carboxylic acids is 2. The molecule has 1 aliphatic carbocycles. The molecule has 0 spiro atoms. The Morgan fingerprint density at radius 2 is 1.52 bits per heavy atom. The van der Waals surface area contributed by atoms with Gasteiger partial charge in [0.1, 0.15) is 12.6 Å². The molecule has 0 aromatic heterocycles. The van der Waals surface area contributed by atoms with E-state index in [2.05, 4.69) is 5.32 Å². The first-order chi connectivity index (χ1) is 22.9. The molecular weight excluding hydrogens is 712 g/mol. The fourth-order valence-electron chi connectivity index (χ4n) is 5.76. The van der Waals surface area contributed by atoms with Crippen LogP contribution in [0.4, 0.5) is 5.69 Å². The van der Waals surface area contributed by atoms with Crippen LogP contribution in [-0.4, -0.2) is 43.8 Å². The summed E-state index contributed by atoms with van der Waals surface area (Å²) in [5, 5.41) is 4.22. The van der Waals surface area contributed by atoms with Crippen LogP contribution < -0.4 is 9.62 Å². The van der Waals surface area contributed by atoms with Crippen molar-refractivity contribution < 1.29 is 18.0 Å². The number of rotatable bonds is 12. The van der Waals surface area contributed by atoms with Gasteiger partial charge in [0.2, 0.25) is 11.8 Å². The number of sulfonamides is 1. The molecule has 12 heteroatoms. The van der Waals surface area contributed by atoms with E-state index < -0.39 is 28.5 Å². The predicted molar refractivity (Wildman–Crippen MR) is 194 cm³/mol. The summed E-state index contributed by atoms with van der Waals surface area (Å²) < 4.78 is 29.5. The molecule has 0 saturated heterocycles. The maximum atomic E-state index is 14.7. The van der Waals surface area contributed by atoms with Crippen LogP contribution in [-0.2, 0) is 32.6 Å². The normalized spacial score (nSPS) is 14.0. The monoisotopic (exact) mass is 745 g/mol. The number of benzene rings is 4. The SMILES string of the molecule is Cc1ccc(S(=O)(=O)N(CC(=O)N(Cc2ccc(Cl)cc2Cl)C(Cc2ccccc2)C(=O)NC2CCCC2)c2ccc(Cl)c(Cl)c2)cc1. The molecule has 0 heterocycles. The average molecular weight is 748 g/mol. The molecule has 1 saturated carbocycles. The molecule has 48 heavy (non-hydrogen) atoms. The van der Waals surface area contributed by atoms with Crippen LogP contribution in [0.2, 0.25) is 20.1 Å². The van der Waals surface area contributed by atoms with E-state index in [0.29, 0.717) is 15.6 Å². The quantitative estimate of drug-likeness (QED) is 0.158. The van der Waals surface area contributed by atoms with Gasteiger partial charge in [-0.1, -0.05) is 113 Å². The zero-order chi connectivity index (χ0) is 34.4. The van der Waals surface area contributed by atoms with Gasteiger partial charge >= 0.3 is 0 Å². The van der Waals surface area contributed by atoms with Crippen molar-refractivity contribution in [1.29, 1.82) is 0 Å². The third kappa shape index (κ3) is 8.84. The van der Waals surface area contributed by atoms with E-state index >= 15 is 0 Å². The zero-order valence-corrected chi connectivity index (χ0v) is 30.1. The van der Waals surface area contributed by atoms with Crippen LogP contribution in [0.15, 0.2) is 95.9 Å². The lowest BCUT2D eigenvalue weighted by molar-refractivity contribution is -0.140. The highest BCUT2D eigenvalue weighted by atomic mass is 35.5. The predicted octanol–water partition coefficient (Wildman–Crippen LogP) is 8.50. The van der Waals surface area contributed by atoms with Gasteiger partial charge in [-0.2, -0.15) is 0 Å². The first kappa shape index (κ1) is 36.0. The lowest BCUT2D eigenvalue weighted by Crippen LogP contribution is -2.54. The largest absolute Gasteiger partial charge is 0.352 e. The van der Waals surface area contributed by atoms with Gasteiger partial charge in [0.15, 0.2) is 0 Å². The number of hydrogen-bond acceptors (Lipinski definition) is 4. The molecule has 0 aliphatic heterocycles. The molecule has 252 valence electrons. The van der Waals surface area contributed by atoms with E-state index in [1.807, 2.05) is 37.3 Å². The average Bonchev–Trinajstić information content (AvgIpc) is 3.57. The van der Waals surface area contributed by atoms with Gasteiger partial charge in [-0.05, 0) is 73.4 Å². The van der Waals surface area contributed by atoms with Crippen molar-refractivity contribution >= 4 is 73.9 Å². The topological polar surface area (TPSA) is 86.8 Å². The number of nitrogens with zero attached hydrogens (tertiary/aromatic N) is 2. The smallest absolute Gasteiger partial charge is 0.264 e. The van der Waals surface area contributed by atoms with E-state index in [4.69, 9.17) is 46.4 Å². The number of aryl methyl sites for hydroxylation is 1. The van der Waals surface area contributed by atoms with Crippen LogP contribution in [0, 0.1) is 6.92 Å². The third-order valence-corrected chi connectivity index (χ3v) is 11.5. The summed E-state index contributed by atoms with van der Waals surface area (Å²) in [6.07, 6.45) is 3.90. The Bertz CT molecular complexity index is 1870. The molecule has 4 aromatic carbocycles. The van der Waals surface area contributed by atoms with Gasteiger partial charge in [0.25, 0.3) is 10.0 Å². The maximum Gasteiger partial charge on any atom is 0.264 e. The van der Waals surface area contributed by atoms with Crippen molar-refractivity contribution in [3.05, 3.63) is 128 Å². The number of nitrogens with one attached hydrogen (secondary N) is 1. The van der Waals surface area contributed by atoms with Crippen LogP contribution in [0.5, 0.6) is 0 Å². The van der Waals surface area contributed by atoms with Crippen molar-refractivity contribution in [3.63, 3.8) is 0 Å². The Labute approximate surface area is 301 Å². The van der Waals surface area contributed by atoms with Crippen molar-refractivity contribution in [2.75, 3.05) is 10.8 Å². The highest BCUT2D eigenvalue weighted by Crippen LogP contribution is 2.32. The van der Waals surface area contributed by atoms with E-state index in [-0.39, 0.29) is 45.5 Å². The number of carbonyl (C=O) groups is 2. The second-order valence-electron chi connectivity index (χ2n) is 11.9. The molecule has 1 fully saturated rings. The Morgan fingerprint density at radius 3 is 2.17 bits per heavy atom. The summed E-state index contributed by atoms with van der Waals surface area (Å²) in [6.45, 7) is 1.13. The third-order valence-electron chi connectivity index (χ3n) is 8.41. The standard InChI is InChI=1S/C36H35Cl4N3O4S/c1-24-11-16-30(17-12-24)48(46,47)43(29-15-18-31(38)33(40)21-29)23-35(44)42(22-26-13-14-27(37)20-32(26)39)34(19-25-7-3-2-4-8-25)36(45)41-28-9-5-6-10-28/h2-4,7-8,11-18,20-21,28,34H,5-6,9-10,19,22-23H2,1H3,(H,41,45). The van der Waals surface area contributed by atoms with Crippen molar-refractivity contribution in [3.8, 4) is 0 Å². The fraction of sp³-hybridized carbons (Fsp3) is 0.278. The van der Waals surface area contributed by atoms with Gasteiger partial charge in [0.05, 0.1) is 20.6 Å². The van der Waals surface area contributed by atoms with Gasteiger partial charge in [-0.3, -0.25) is 13.9 Å². The van der Waals surface area contributed by atoms with Gasteiger partial charge in [-0.25, -0.2) is 8.42 Å².